The Bertz CT molecular complexity index is 1060. The molecule has 0 bridgehead atoms. The van der Waals surface area contributed by atoms with Crippen LogP contribution in [0.4, 0.5) is 30.7 Å². The molecule has 3 aromatic rings. The molecule has 0 aliphatic carbocycles. The fourth-order valence-corrected chi connectivity index (χ4v) is 2.63. The smallest absolute Gasteiger partial charge is 0.416 e. The molecular weight excluding hydrogens is 395 g/mol. The zero-order chi connectivity index (χ0) is 20.9. The molecule has 0 saturated carbocycles. The Morgan fingerprint density at radius 1 is 0.857 bits per heavy atom. The summed E-state index contributed by atoms with van der Waals surface area (Å²) in [4.78, 5) is 15.4. The predicted octanol–water partition coefficient (Wildman–Crippen LogP) is 5.78. The van der Waals surface area contributed by atoms with E-state index in [4.69, 9.17) is 0 Å². The van der Waals surface area contributed by atoms with E-state index in [1.807, 2.05) is 0 Å². The number of alkyl halides is 6. The Hall–Kier alpha value is -3.17. The number of hydrogen-bond donors (Lipinski definition) is 1. The highest BCUT2D eigenvalue weighted by Crippen LogP contribution is 2.38. The number of fused-ring (bicyclic) bond motifs is 1. The van der Waals surface area contributed by atoms with Crippen molar-refractivity contribution in [2.24, 2.45) is 0 Å². The van der Waals surface area contributed by atoms with Gasteiger partial charge in [0.05, 0.1) is 27.9 Å². The van der Waals surface area contributed by atoms with Gasteiger partial charge < -0.3 is 5.11 Å². The van der Waals surface area contributed by atoms with E-state index >= 15 is 0 Å². The molecule has 1 aromatic heterocycles. The molecule has 1 heterocycles. The van der Waals surface area contributed by atoms with Gasteiger partial charge in [0, 0.05) is 10.9 Å². The molecule has 0 unspecified atom stereocenters. The van der Waals surface area contributed by atoms with Crippen LogP contribution in [0.2, 0.25) is 0 Å². The van der Waals surface area contributed by atoms with Gasteiger partial charge in [0.1, 0.15) is 5.82 Å². The number of benzene rings is 2. The van der Waals surface area contributed by atoms with Gasteiger partial charge >= 0.3 is 18.3 Å². The summed E-state index contributed by atoms with van der Waals surface area (Å²) >= 11 is 0. The van der Waals surface area contributed by atoms with Gasteiger partial charge in [-0.05, 0) is 42.5 Å². The Balaban J connectivity index is 2.32. The first kappa shape index (κ1) is 19.6. The summed E-state index contributed by atoms with van der Waals surface area (Å²) in [5, 5.41) is 9.16. The minimum Gasteiger partial charge on any atom is -0.478 e. The first-order valence-electron chi connectivity index (χ1n) is 7.50. The van der Waals surface area contributed by atoms with E-state index < -0.39 is 52.1 Å². The van der Waals surface area contributed by atoms with Crippen molar-refractivity contribution in [3.8, 4) is 11.3 Å². The van der Waals surface area contributed by atoms with Crippen LogP contribution in [0.15, 0.2) is 42.5 Å². The molecule has 0 fully saturated rings. The lowest BCUT2D eigenvalue weighted by Crippen LogP contribution is -2.11. The Labute approximate surface area is 152 Å². The molecule has 0 atom stereocenters. The monoisotopic (exact) mass is 403 g/mol. The molecular formula is C18H8F7NO2. The zero-order valence-corrected chi connectivity index (χ0v) is 13.5. The number of aromatic nitrogens is 1. The third-order valence-electron chi connectivity index (χ3n) is 3.88. The molecule has 3 nitrogen and oxygen atoms in total. The van der Waals surface area contributed by atoms with Crippen LogP contribution >= 0.6 is 0 Å². The van der Waals surface area contributed by atoms with E-state index in [1.165, 1.54) is 0 Å². The van der Waals surface area contributed by atoms with Gasteiger partial charge in [0.25, 0.3) is 0 Å². The molecule has 0 radical (unpaired) electrons. The molecule has 2 aromatic carbocycles. The number of halogens is 7. The predicted molar refractivity (Wildman–Crippen MR) is 84.1 cm³/mol. The van der Waals surface area contributed by atoms with Crippen LogP contribution in [0.25, 0.3) is 22.2 Å². The SMILES string of the molecule is O=C(O)c1cc(-c2cc(C(F)(F)F)cc(C(F)(F)F)c2)nc2ccc(F)cc12. The number of carbonyl (C=O) groups is 1. The van der Waals surface area contributed by atoms with Crippen molar-refractivity contribution in [1.82, 2.24) is 4.98 Å². The van der Waals surface area contributed by atoms with Crippen LogP contribution in [-0.2, 0) is 12.4 Å². The molecule has 3 rings (SSSR count). The van der Waals surface area contributed by atoms with Gasteiger partial charge in [-0.3, -0.25) is 0 Å². The molecule has 146 valence electrons. The molecule has 1 N–H and O–H groups in total. The van der Waals surface area contributed by atoms with Gasteiger partial charge in [0.2, 0.25) is 0 Å². The van der Waals surface area contributed by atoms with Crippen LogP contribution < -0.4 is 0 Å². The maximum absolute atomic E-state index is 13.4. The zero-order valence-electron chi connectivity index (χ0n) is 13.5. The highest BCUT2D eigenvalue weighted by atomic mass is 19.4. The first-order chi connectivity index (χ1) is 12.9. The third-order valence-corrected chi connectivity index (χ3v) is 3.88. The molecule has 0 amide bonds. The van der Waals surface area contributed by atoms with Crippen LogP contribution in [0.3, 0.4) is 0 Å². The summed E-state index contributed by atoms with van der Waals surface area (Å²) in [5.41, 5.74) is -4.72. The van der Waals surface area contributed by atoms with Crippen molar-refractivity contribution in [2.45, 2.75) is 12.4 Å². The summed E-state index contributed by atoms with van der Waals surface area (Å²) in [6, 6.07) is 4.54. The average Bonchev–Trinajstić information content (AvgIpc) is 2.58. The number of rotatable bonds is 2. The quantitative estimate of drug-likeness (QED) is 0.552. The van der Waals surface area contributed by atoms with Crippen LogP contribution in [0.1, 0.15) is 21.5 Å². The first-order valence-corrected chi connectivity index (χ1v) is 7.50. The van der Waals surface area contributed by atoms with Crippen molar-refractivity contribution in [1.29, 1.82) is 0 Å². The van der Waals surface area contributed by atoms with Gasteiger partial charge in [0.15, 0.2) is 0 Å². The second-order valence-corrected chi connectivity index (χ2v) is 5.82. The summed E-state index contributed by atoms with van der Waals surface area (Å²) in [7, 11) is 0. The lowest BCUT2D eigenvalue weighted by molar-refractivity contribution is -0.143. The van der Waals surface area contributed by atoms with E-state index in [9.17, 15) is 40.6 Å². The van der Waals surface area contributed by atoms with Gasteiger partial charge in [-0.2, -0.15) is 26.3 Å². The summed E-state index contributed by atoms with van der Waals surface area (Å²) in [6.45, 7) is 0. The van der Waals surface area contributed by atoms with Crippen LogP contribution in [-0.4, -0.2) is 16.1 Å². The van der Waals surface area contributed by atoms with Gasteiger partial charge in [-0.1, -0.05) is 0 Å². The number of carboxylic acids is 1. The highest BCUT2D eigenvalue weighted by Gasteiger charge is 2.37. The Morgan fingerprint density at radius 2 is 1.43 bits per heavy atom. The maximum Gasteiger partial charge on any atom is 0.416 e. The van der Waals surface area contributed by atoms with Crippen molar-refractivity contribution in [3.63, 3.8) is 0 Å². The van der Waals surface area contributed by atoms with Crippen molar-refractivity contribution in [2.75, 3.05) is 0 Å². The highest BCUT2D eigenvalue weighted by molar-refractivity contribution is 6.03. The van der Waals surface area contributed by atoms with E-state index in [0.717, 1.165) is 24.3 Å². The molecule has 10 heteroatoms. The molecule has 0 saturated heterocycles. The van der Waals surface area contributed by atoms with Crippen molar-refractivity contribution < 1.29 is 40.6 Å². The van der Waals surface area contributed by atoms with E-state index in [-0.39, 0.29) is 17.0 Å². The normalized spacial score (nSPS) is 12.4. The minimum atomic E-state index is -5.06. The number of nitrogens with zero attached hydrogens (tertiary/aromatic N) is 1. The second-order valence-electron chi connectivity index (χ2n) is 5.82. The summed E-state index contributed by atoms with van der Waals surface area (Å²) < 4.78 is 91.6. The summed E-state index contributed by atoms with van der Waals surface area (Å²) in [5.74, 6) is -2.31. The standard InChI is InChI=1S/C18H8F7NO2/c19-11-1-2-14-12(6-11)13(16(27)28)7-15(26-14)8-3-9(17(20,21)22)5-10(4-8)18(23,24)25/h1-7H,(H,27,28). The third kappa shape index (κ3) is 3.75. The number of hydrogen-bond acceptors (Lipinski definition) is 2. The van der Waals surface area contributed by atoms with E-state index in [2.05, 4.69) is 4.98 Å². The van der Waals surface area contributed by atoms with Crippen molar-refractivity contribution >= 4 is 16.9 Å². The number of aromatic carboxylic acids is 1. The largest absolute Gasteiger partial charge is 0.478 e. The second kappa shape index (κ2) is 6.47. The average molecular weight is 403 g/mol. The van der Waals surface area contributed by atoms with E-state index in [0.29, 0.717) is 12.1 Å². The molecule has 0 spiro atoms. The molecule has 0 aliphatic rings. The molecule has 28 heavy (non-hydrogen) atoms. The number of pyridine rings is 1. The lowest BCUT2D eigenvalue weighted by atomic mass is 9.99. The van der Waals surface area contributed by atoms with Crippen molar-refractivity contribution in [3.05, 3.63) is 65.0 Å². The van der Waals surface area contributed by atoms with E-state index in [1.54, 1.807) is 0 Å². The van der Waals surface area contributed by atoms with Crippen LogP contribution in [0, 0.1) is 5.82 Å². The summed E-state index contributed by atoms with van der Waals surface area (Å²) in [6.07, 6.45) is -10.1. The van der Waals surface area contributed by atoms with Crippen LogP contribution in [0.5, 0.6) is 0 Å². The molecule has 0 aliphatic heterocycles. The maximum atomic E-state index is 13.4. The van der Waals surface area contributed by atoms with Gasteiger partial charge in [-0.15, -0.1) is 0 Å². The lowest BCUT2D eigenvalue weighted by Gasteiger charge is -2.15. The minimum absolute atomic E-state index is 0.0436. The fraction of sp³-hybridized carbons (Fsp3) is 0.111. The fourth-order valence-electron chi connectivity index (χ4n) is 2.63. The van der Waals surface area contributed by atoms with Gasteiger partial charge in [-0.25, -0.2) is 14.2 Å². The number of carboxylic acid groups (broad SMARTS) is 1. The Kier molecular flexibility index (Phi) is 4.52. The Morgan fingerprint density at radius 3 is 1.93 bits per heavy atom. The topological polar surface area (TPSA) is 50.2 Å².